The lowest BCUT2D eigenvalue weighted by Crippen LogP contribution is -2.41. The lowest BCUT2D eigenvalue weighted by atomic mass is 10.1. The second-order valence-corrected chi connectivity index (χ2v) is 6.79. The zero-order chi connectivity index (χ0) is 22.2. The number of nitrogens with zero attached hydrogens (tertiary/aromatic N) is 2. The summed E-state index contributed by atoms with van der Waals surface area (Å²) in [6, 6.07) is 22.7. The number of hydrogen-bond acceptors (Lipinski definition) is 6. The molecule has 8 heteroatoms. The number of carbonyl (C=O) groups excluding carboxylic acids is 2. The number of carbonyl (C=O) groups is 2. The number of non-ortho nitro benzene ring substituents is 1. The van der Waals surface area contributed by atoms with Gasteiger partial charge in [-0.15, -0.1) is 0 Å². The van der Waals surface area contributed by atoms with Gasteiger partial charge in [0.2, 0.25) is 0 Å². The van der Waals surface area contributed by atoms with Crippen LogP contribution in [0.3, 0.4) is 0 Å². The number of esters is 1. The van der Waals surface area contributed by atoms with E-state index in [1.807, 2.05) is 60.7 Å². The fraction of sp³-hybridized carbons (Fsp3) is 0.130. The van der Waals surface area contributed by atoms with Gasteiger partial charge in [0.25, 0.3) is 11.6 Å². The van der Waals surface area contributed by atoms with Gasteiger partial charge in [0.05, 0.1) is 17.6 Å². The quantitative estimate of drug-likeness (QED) is 0.339. The smallest absolute Gasteiger partial charge is 0.338 e. The van der Waals surface area contributed by atoms with Gasteiger partial charge in [-0.2, -0.15) is 0 Å². The van der Waals surface area contributed by atoms with Crippen LogP contribution < -0.4 is 5.43 Å². The highest BCUT2D eigenvalue weighted by Crippen LogP contribution is 2.19. The van der Waals surface area contributed by atoms with Crippen LogP contribution in [0.15, 0.2) is 78.9 Å². The number of amides is 1. The lowest BCUT2D eigenvalue weighted by molar-refractivity contribution is -0.384. The SMILES string of the molecule is COC(=O)c1cc(C(=O)NN(Cc2ccccc2)Cc2ccccc2)cc([N+](=O)[O-])c1. The van der Waals surface area contributed by atoms with E-state index in [4.69, 9.17) is 0 Å². The van der Waals surface area contributed by atoms with Crippen LogP contribution in [-0.2, 0) is 17.8 Å². The van der Waals surface area contributed by atoms with Crippen molar-refractivity contribution in [3.05, 3.63) is 111 Å². The van der Waals surface area contributed by atoms with Crippen molar-refractivity contribution < 1.29 is 19.2 Å². The van der Waals surface area contributed by atoms with Crippen LogP contribution in [0.25, 0.3) is 0 Å². The van der Waals surface area contributed by atoms with Crippen molar-refractivity contribution in [2.24, 2.45) is 0 Å². The number of rotatable bonds is 8. The van der Waals surface area contributed by atoms with E-state index in [1.54, 1.807) is 5.01 Å². The van der Waals surface area contributed by atoms with E-state index in [2.05, 4.69) is 10.2 Å². The first kappa shape index (κ1) is 21.7. The number of hydrazine groups is 1. The third kappa shape index (κ3) is 5.97. The molecule has 0 saturated carbocycles. The minimum absolute atomic E-state index is 0.0132. The van der Waals surface area contributed by atoms with E-state index in [1.165, 1.54) is 13.2 Å². The van der Waals surface area contributed by atoms with Crippen LogP contribution in [0.1, 0.15) is 31.8 Å². The minimum atomic E-state index is -0.761. The monoisotopic (exact) mass is 419 g/mol. The Hall–Kier alpha value is -4.04. The van der Waals surface area contributed by atoms with E-state index >= 15 is 0 Å². The molecule has 0 aliphatic carbocycles. The first-order chi connectivity index (χ1) is 15.0. The molecule has 0 aliphatic rings. The van der Waals surface area contributed by atoms with Gasteiger partial charge in [-0.05, 0) is 17.2 Å². The molecule has 0 spiro atoms. The van der Waals surface area contributed by atoms with Crippen LogP contribution in [0.4, 0.5) is 5.69 Å². The Morgan fingerprint density at radius 2 is 1.42 bits per heavy atom. The van der Waals surface area contributed by atoms with Crippen LogP contribution >= 0.6 is 0 Å². The molecule has 3 aromatic carbocycles. The molecular weight excluding hydrogens is 398 g/mol. The Kier molecular flexibility index (Phi) is 7.08. The molecule has 0 bridgehead atoms. The highest BCUT2D eigenvalue weighted by atomic mass is 16.6. The molecule has 0 aliphatic heterocycles. The van der Waals surface area contributed by atoms with Crippen molar-refractivity contribution in [1.82, 2.24) is 10.4 Å². The molecule has 0 unspecified atom stereocenters. The molecule has 3 rings (SSSR count). The topological polar surface area (TPSA) is 102 Å². The van der Waals surface area contributed by atoms with E-state index in [9.17, 15) is 19.7 Å². The van der Waals surface area contributed by atoms with Crippen molar-refractivity contribution in [2.45, 2.75) is 13.1 Å². The van der Waals surface area contributed by atoms with Crippen molar-refractivity contribution in [2.75, 3.05) is 7.11 Å². The zero-order valence-electron chi connectivity index (χ0n) is 16.9. The van der Waals surface area contributed by atoms with Gasteiger partial charge in [-0.3, -0.25) is 20.3 Å². The minimum Gasteiger partial charge on any atom is -0.465 e. The number of nitrogens with one attached hydrogen (secondary N) is 1. The molecule has 3 aromatic rings. The van der Waals surface area contributed by atoms with E-state index in [-0.39, 0.29) is 16.8 Å². The average molecular weight is 419 g/mol. The molecule has 0 atom stereocenters. The molecule has 0 aromatic heterocycles. The first-order valence-corrected chi connectivity index (χ1v) is 9.48. The second-order valence-electron chi connectivity index (χ2n) is 6.79. The van der Waals surface area contributed by atoms with Gasteiger partial charge in [0.1, 0.15) is 0 Å². The standard InChI is InChI=1S/C23H21N3O5/c1-31-23(28)20-12-19(13-21(14-20)26(29)30)22(27)24-25(15-17-8-4-2-5-9-17)16-18-10-6-3-7-11-18/h2-14H,15-16H2,1H3,(H,24,27). The summed E-state index contributed by atoms with van der Waals surface area (Å²) in [6.45, 7) is 0.834. The first-order valence-electron chi connectivity index (χ1n) is 9.48. The van der Waals surface area contributed by atoms with Crippen LogP contribution in [0.5, 0.6) is 0 Å². The Balaban J connectivity index is 1.87. The summed E-state index contributed by atoms with van der Waals surface area (Å²) in [4.78, 5) is 35.4. The highest BCUT2D eigenvalue weighted by Gasteiger charge is 2.20. The molecule has 0 fully saturated rings. The number of hydrogen-bond donors (Lipinski definition) is 1. The molecule has 0 radical (unpaired) electrons. The fourth-order valence-electron chi connectivity index (χ4n) is 3.03. The Morgan fingerprint density at radius 3 is 1.90 bits per heavy atom. The molecule has 0 heterocycles. The van der Waals surface area contributed by atoms with Crippen molar-refractivity contribution >= 4 is 17.6 Å². The summed E-state index contributed by atoms with van der Waals surface area (Å²) < 4.78 is 4.64. The third-order valence-corrected chi connectivity index (χ3v) is 4.50. The third-order valence-electron chi connectivity index (χ3n) is 4.50. The summed E-state index contributed by atoms with van der Waals surface area (Å²) in [6.07, 6.45) is 0. The summed E-state index contributed by atoms with van der Waals surface area (Å²) in [7, 11) is 1.17. The Labute approximate surface area is 179 Å². The number of benzene rings is 3. The van der Waals surface area contributed by atoms with Crippen LogP contribution in [0, 0.1) is 10.1 Å². The van der Waals surface area contributed by atoms with Gasteiger partial charge in [-0.25, -0.2) is 9.80 Å². The van der Waals surface area contributed by atoms with Crippen LogP contribution in [-0.4, -0.2) is 28.9 Å². The van der Waals surface area contributed by atoms with Crippen molar-refractivity contribution in [1.29, 1.82) is 0 Å². The molecule has 1 N–H and O–H groups in total. The zero-order valence-corrected chi connectivity index (χ0v) is 16.9. The lowest BCUT2D eigenvalue weighted by Gasteiger charge is -2.23. The maximum absolute atomic E-state index is 12.9. The van der Waals surface area contributed by atoms with E-state index in [0.29, 0.717) is 13.1 Å². The largest absolute Gasteiger partial charge is 0.465 e. The molecule has 0 saturated heterocycles. The Bertz CT molecular complexity index is 1030. The maximum atomic E-state index is 12.9. The van der Waals surface area contributed by atoms with E-state index < -0.39 is 16.8 Å². The highest BCUT2D eigenvalue weighted by molar-refractivity contribution is 5.98. The molecular formula is C23H21N3O5. The van der Waals surface area contributed by atoms with Crippen molar-refractivity contribution in [3.8, 4) is 0 Å². The summed E-state index contributed by atoms with van der Waals surface area (Å²) in [5, 5.41) is 13.0. The summed E-state index contributed by atoms with van der Waals surface area (Å²) >= 11 is 0. The maximum Gasteiger partial charge on any atom is 0.338 e. The number of nitro groups is 1. The summed E-state index contributed by atoms with van der Waals surface area (Å²) in [5.74, 6) is -1.33. The predicted molar refractivity (Wildman–Crippen MR) is 114 cm³/mol. The average Bonchev–Trinajstić information content (AvgIpc) is 2.79. The number of ether oxygens (including phenoxy) is 1. The van der Waals surface area contributed by atoms with Gasteiger partial charge in [0, 0.05) is 30.8 Å². The molecule has 31 heavy (non-hydrogen) atoms. The molecule has 8 nitrogen and oxygen atoms in total. The molecule has 158 valence electrons. The predicted octanol–water partition coefficient (Wildman–Crippen LogP) is 3.73. The molecule has 1 amide bonds. The van der Waals surface area contributed by atoms with E-state index in [0.717, 1.165) is 23.3 Å². The normalized spacial score (nSPS) is 10.5. The Morgan fingerprint density at radius 1 is 0.903 bits per heavy atom. The van der Waals surface area contributed by atoms with Gasteiger partial charge in [-0.1, -0.05) is 60.7 Å². The van der Waals surface area contributed by atoms with Crippen molar-refractivity contribution in [3.63, 3.8) is 0 Å². The fourth-order valence-corrected chi connectivity index (χ4v) is 3.03. The number of methoxy groups -OCH3 is 1. The van der Waals surface area contributed by atoms with Crippen LogP contribution in [0.2, 0.25) is 0 Å². The second kappa shape index (κ2) is 10.1. The van der Waals surface area contributed by atoms with Gasteiger partial charge < -0.3 is 4.74 Å². The summed E-state index contributed by atoms with van der Waals surface area (Å²) in [5.41, 5.74) is 4.31. The number of nitro benzene ring substituents is 1. The van der Waals surface area contributed by atoms with Gasteiger partial charge in [0.15, 0.2) is 0 Å². The van der Waals surface area contributed by atoms with Gasteiger partial charge >= 0.3 is 5.97 Å².